The van der Waals surface area contributed by atoms with E-state index in [2.05, 4.69) is 15.1 Å². The fraction of sp³-hybridized carbons (Fsp3) is 0.364. The van der Waals surface area contributed by atoms with E-state index in [1.165, 1.54) is 12.1 Å². The molecule has 29 heavy (non-hydrogen) atoms. The first-order valence-electron chi connectivity index (χ1n) is 9.85. The second kappa shape index (κ2) is 10.0. The third-order valence-electron chi connectivity index (χ3n) is 4.77. The van der Waals surface area contributed by atoms with Crippen molar-refractivity contribution in [3.05, 3.63) is 59.9 Å². The highest BCUT2D eigenvalue weighted by atomic mass is 19.1. The van der Waals surface area contributed by atoms with Gasteiger partial charge in [0.15, 0.2) is 0 Å². The van der Waals surface area contributed by atoms with Crippen LogP contribution in [0.15, 0.2) is 48.5 Å². The average Bonchev–Trinajstić information content (AvgIpc) is 2.73. The van der Waals surface area contributed by atoms with E-state index in [9.17, 15) is 14.0 Å². The van der Waals surface area contributed by atoms with E-state index in [-0.39, 0.29) is 17.7 Å². The predicted octanol–water partition coefficient (Wildman–Crippen LogP) is 3.15. The number of carbonyl (C=O) groups excluding carboxylic acids is 2. The van der Waals surface area contributed by atoms with Crippen LogP contribution in [0.4, 0.5) is 15.8 Å². The topological polar surface area (TPSA) is 61.9 Å². The quantitative estimate of drug-likeness (QED) is 0.725. The zero-order valence-corrected chi connectivity index (χ0v) is 16.6. The molecule has 0 aliphatic carbocycles. The number of hydrogen-bond acceptors (Lipinski definition) is 5. The number of carbonyl (C=O) groups is 2. The Bertz CT molecular complexity index is 816. The van der Waals surface area contributed by atoms with Gasteiger partial charge in [-0.2, -0.15) is 0 Å². The molecule has 0 bridgehead atoms. The predicted molar refractivity (Wildman–Crippen MR) is 111 cm³/mol. The number of anilines is 2. The molecule has 2 aromatic carbocycles. The monoisotopic (exact) mass is 399 g/mol. The number of amides is 1. The van der Waals surface area contributed by atoms with Gasteiger partial charge in [-0.25, -0.2) is 9.18 Å². The van der Waals surface area contributed by atoms with Crippen LogP contribution in [0.2, 0.25) is 0 Å². The maximum Gasteiger partial charge on any atom is 0.338 e. The second-order valence-electron chi connectivity index (χ2n) is 7.00. The number of piperazine rings is 1. The van der Waals surface area contributed by atoms with Gasteiger partial charge in [-0.1, -0.05) is 6.92 Å². The first-order chi connectivity index (χ1) is 14.0. The summed E-state index contributed by atoms with van der Waals surface area (Å²) in [7, 11) is 0. The molecule has 1 heterocycles. The van der Waals surface area contributed by atoms with Crippen molar-refractivity contribution in [1.29, 1.82) is 0 Å². The zero-order chi connectivity index (χ0) is 20.6. The normalized spacial score (nSPS) is 14.5. The molecule has 1 aliphatic heterocycles. The molecule has 0 atom stereocenters. The second-order valence-corrected chi connectivity index (χ2v) is 7.00. The van der Waals surface area contributed by atoms with Gasteiger partial charge >= 0.3 is 5.97 Å². The maximum atomic E-state index is 13.1. The van der Waals surface area contributed by atoms with Crippen molar-refractivity contribution in [1.82, 2.24) is 4.90 Å². The van der Waals surface area contributed by atoms with Gasteiger partial charge in [0.25, 0.3) is 0 Å². The summed E-state index contributed by atoms with van der Waals surface area (Å²) in [4.78, 5) is 28.4. The molecular formula is C22H26FN3O3. The van der Waals surface area contributed by atoms with Gasteiger partial charge in [-0.3, -0.25) is 9.69 Å². The highest BCUT2D eigenvalue weighted by Gasteiger charge is 2.19. The van der Waals surface area contributed by atoms with Crippen LogP contribution in [-0.4, -0.2) is 56.1 Å². The summed E-state index contributed by atoms with van der Waals surface area (Å²) < 4.78 is 18.1. The Balaban J connectivity index is 1.44. The first-order valence-corrected chi connectivity index (χ1v) is 9.85. The fourth-order valence-electron chi connectivity index (χ4n) is 3.19. The summed E-state index contributed by atoms with van der Waals surface area (Å²) in [6.07, 6.45) is 0.776. The highest BCUT2D eigenvalue weighted by Crippen LogP contribution is 2.17. The number of esters is 1. The van der Waals surface area contributed by atoms with Crippen LogP contribution < -0.4 is 10.2 Å². The lowest BCUT2D eigenvalue weighted by atomic mass is 10.2. The van der Waals surface area contributed by atoms with Gasteiger partial charge in [0, 0.05) is 37.6 Å². The largest absolute Gasteiger partial charge is 0.462 e. The number of nitrogens with one attached hydrogen (secondary N) is 1. The smallest absolute Gasteiger partial charge is 0.338 e. The fourth-order valence-corrected chi connectivity index (χ4v) is 3.19. The molecule has 2 aromatic rings. The van der Waals surface area contributed by atoms with E-state index in [1.807, 2.05) is 6.92 Å². The molecule has 1 amide bonds. The number of halogens is 1. The van der Waals surface area contributed by atoms with Crippen molar-refractivity contribution in [3.63, 3.8) is 0 Å². The number of benzene rings is 2. The van der Waals surface area contributed by atoms with E-state index >= 15 is 0 Å². The Hall–Kier alpha value is -2.93. The van der Waals surface area contributed by atoms with Gasteiger partial charge < -0.3 is 15.0 Å². The molecule has 154 valence electrons. The van der Waals surface area contributed by atoms with Crippen molar-refractivity contribution in [2.75, 3.05) is 49.5 Å². The van der Waals surface area contributed by atoms with Crippen LogP contribution >= 0.6 is 0 Å². The summed E-state index contributed by atoms with van der Waals surface area (Å²) >= 11 is 0. The summed E-state index contributed by atoms with van der Waals surface area (Å²) in [6, 6.07) is 13.2. The lowest BCUT2D eigenvalue weighted by Gasteiger charge is -2.35. The molecule has 1 N–H and O–H groups in total. The van der Waals surface area contributed by atoms with E-state index in [0.29, 0.717) is 24.4 Å². The highest BCUT2D eigenvalue weighted by molar-refractivity contribution is 5.94. The minimum Gasteiger partial charge on any atom is -0.462 e. The molecule has 1 fully saturated rings. The van der Waals surface area contributed by atoms with Gasteiger partial charge in [-0.05, 0) is 55.0 Å². The third-order valence-corrected chi connectivity index (χ3v) is 4.77. The van der Waals surface area contributed by atoms with Crippen LogP contribution in [0.3, 0.4) is 0 Å². The van der Waals surface area contributed by atoms with Crippen LogP contribution in [0.5, 0.6) is 0 Å². The van der Waals surface area contributed by atoms with Crippen molar-refractivity contribution >= 4 is 23.3 Å². The number of rotatable bonds is 7. The van der Waals surface area contributed by atoms with Crippen molar-refractivity contribution in [2.45, 2.75) is 13.3 Å². The molecule has 0 radical (unpaired) electrons. The van der Waals surface area contributed by atoms with Crippen LogP contribution in [-0.2, 0) is 9.53 Å². The summed E-state index contributed by atoms with van der Waals surface area (Å²) in [5, 5.41) is 2.86. The Labute approximate surface area is 170 Å². The molecule has 1 aliphatic rings. The summed E-state index contributed by atoms with van der Waals surface area (Å²) in [6.45, 7) is 5.72. The molecule has 0 spiro atoms. The SMILES string of the molecule is CCCOC(=O)c1ccc(NC(=O)CN2CCN(c3ccc(F)cc3)CC2)cc1. The summed E-state index contributed by atoms with van der Waals surface area (Å²) in [5.74, 6) is -0.694. The molecule has 7 heteroatoms. The van der Waals surface area contributed by atoms with Crippen molar-refractivity contribution in [3.8, 4) is 0 Å². The van der Waals surface area contributed by atoms with Crippen LogP contribution in [0, 0.1) is 5.82 Å². The summed E-state index contributed by atoms with van der Waals surface area (Å²) in [5.41, 5.74) is 2.11. The molecule has 0 saturated carbocycles. The van der Waals surface area contributed by atoms with Gasteiger partial charge in [-0.15, -0.1) is 0 Å². The minimum atomic E-state index is -0.358. The molecule has 0 aromatic heterocycles. The number of nitrogens with zero attached hydrogens (tertiary/aromatic N) is 2. The minimum absolute atomic E-state index is 0.0958. The van der Waals surface area contributed by atoms with E-state index in [0.717, 1.165) is 38.3 Å². The van der Waals surface area contributed by atoms with Gasteiger partial charge in [0.2, 0.25) is 5.91 Å². The van der Waals surface area contributed by atoms with Gasteiger partial charge in [0.1, 0.15) is 5.82 Å². The Morgan fingerprint density at radius 3 is 2.28 bits per heavy atom. The molecule has 1 saturated heterocycles. The first kappa shape index (κ1) is 20.8. The Kier molecular flexibility index (Phi) is 7.19. The standard InChI is InChI=1S/C22H26FN3O3/c1-2-15-29-22(28)17-3-7-19(8-4-17)24-21(27)16-25-11-13-26(14-12-25)20-9-5-18(23)6-10-20/h3-10H,2,11-16H2,1H3,(H,24,27). The van der Waals surface area contributed by atoms with Crippen LogP contribution in [0.25, 0.3) is 0 Å². The Morgan fingerprint density at radius 1 is 1.00 bits per heavy atom. The molecule has 0 unspecified atom stereocenters. The average molecular weight is 399 g/mol. The lowest BCUT2D eigenvalue weighted by Crippen LogP contribution is -2.48. The number of hydrogen-bond donors (Lipinski definition) is 1. The Morgan fingerprint density at radius 2 is 1.66 bits per heavy atom. The van der Waals surface area contributed by atoms with Crippen molar-refractivity contribution in [2.24, 2.45) is 0 Å². The van der Waals surface area contributed by atoms with E-state index in [1.54, 1.807) is 36.4 Å². The molecule has 3 rings (SSSR count). The lowest BCUT2D eigenvalue weighted by molar-refractivity contribution is -0.117. The van der Waals surface area contributed by atoms with Gasteiger partial charge in [0.05, 0.1) is 18.7 Å². The maximum absolute atomic E-state index is 13.1. The molecular weight excluding hydrogens is 373 g/mol. The van der Waals surface area contributed by atoms with Crippen molar-refractivity contribution < 1.29 is 18.7 Å². The van der Waals surface area contributed by atoms with E-state index < -0.39 is 0 Å². The number of ether oxygens (including phenoxy) is 1. The molecule has 6 nitrogen and oxygen atoms in total. The van der Waals surface area contributed by atoms with Crippen LogP contribution in [0.1, 0.15) is 23.7 Å². The third kappa shape index (κ3) is 6.02. The van der Waals surface area contributed by atoms with E-state index in [4.69, 9.17) is 4.74 Å². The zero-order valence-electron chi connectivity index (χ0n) is 16.6.